The molecule has 1 N–H and O–H groups in total. The molecule has 1 atom stereocenters. The van der Waals surface area contributed by atoms with E-state index in [-0.39, 0.29) is 0 Å². The Morgan fingerprint density at radius 2 is 2.47 bits per heavy atom. The van der Waals surface area contributed by atoms with Crippen LogP contribution < -0.4 is 0 Å². The van der Waals surface area contributed by atoms with Crippen molar-refractivity contribution in [1.82, 2.24) is 14.9 Å². The number of aromatic amines is 1. The van der Waals surface area contributed by atoms with Crippen LogP contribution in [-0.4, -0.2) is 21.1 Å². The zero-order valence-electron chi connectivity index (χ0n) is 10.3. The van der Waals surface area contributed by atoms with Gasteiger partial charge in [0.05, 0.1) is 6.26 Å². The number of nitrogens with zero attached hydrogens (tertiary/aromatic N) is 3. The van der Waals surface area contributed by atoms with E-state index in [4.69, 9.17) is 16.6 Å². The lowest BCUT2D eigenvalue weighted by atomic mass is 9.96. The fraction of sp³-hybridized carbons (Fsp3) is 0.308. The van der Waals surface area contributed by atoms with Crippen molar-refractivity contribution in [2.24, 2.45) is 11.0 Å². The van der Waals surface area contributed by atoms with Gasteiger partial charge in [0, 0.05) is 6.21 Å². The highest BCUT2D eigenvalue weighted by atomic mass is 32.1. The third kappa shape index (κ3) is 2.58. The Morgan fingerprint density at radius 3 is 3.21 bits per heavy atom. The Labute approximate surface area is 115 Å². The first kappa shape index (κ1) is 12.1. The molecule has 0 saturated carbocycles. The highest BCUT2D eigenvalue weighted by Gasteiger charge is 2.11. The van der Waals surface area contributed by atoms with Gasteiger partial charge in [0.2, 0.25) is 10.6 Å². The first-order valence-electron chi connectivity index (χ1n) is 6.25. The maximum Gasteiger partial charge on any atom is 0.219 e. The second-order valence-electron chi connectivity index (χ2n) is 4.45. The number of allylic oxidation sites excluding steroid dienone is 2. The molecule has 0 spiro atoms. The number of hydrogen-bond acceptors (Lipinski definition) is 4. The average molecular weight is 274 g/mol. The topological polar surface area (TPSA) is 59.1 Å². The lowest BCUT2D eigenvalue weighted by Crippen LogP contribution is -2.05. The summed E-state index contributed by atoms with van der Waals surface area (Å²) >= 11 is 5.19. The largest absolute Gasteiger partial charge is 0.461 e. The number of aromatic nitrogens is 3. The highest BCUT2D eigenvalue weighted by molar-refractivity contribution is 7.71. The van der Waals surface area contributed by atoms with Gasteiger partial charge in [-0.3, -0.25) is 0 Å². The molecule has 1 aliphatic rings. The van der Waals surface area contributed by atoms with Crippen molar-refractivity contribution in [1.29, 1.82) is 0 Å². The minimum absolute atomic E-state index is 0.464. The molecule has 0 aromatic carbocycles. The summed E-state index contributed by atoms with van der Waals surface area (Å²) in [5.41, 5.74) is 0. The summed E-state index contributed by atoms with van der Waals surface area (Å²) in [6, 6.07) is 3.65. The highest BCUT2D eigenvalue weighted by Crippen LogP contribution is 2.19. The van der Waals surface area contributed by atoms with Crippen LogP contribution in [0.4, 0.5) is 0 Å². The lowest BCUT2D eigenvalue weighted by molar-refractivity contribution is 0.572. The smallest absolute Gasteiger partial charge is 0.219 e. The normalized spacial score (nSPS) is 19.3. The van der Waals surface area contributed by atoms with E-state index >= 15 is 0 Å². The van der Waals surface area contributed by atoms with Crippen molar-refractivity contribution in [2.45, 2.75) is 19.3 Å². The summed E-state index contributed by atoms with van der Waals surface area (Å²) in [7, 11) is 0. The minimum atomic E-state index is 0.464. The molecule has 0 bridgehead atoms. The van der Waals surface area contributed by atoms with Gasteiger partial charge in [-0.25, -0.2) is 5.10 Å². The van der Waals surface area contributed by atoms with Gasteiger partial charge in [-0.1, -0.05) is 12.2 Å². The fourth-order valence-corrected chi connectivity index (χ4v) is 2.26. The van der Waals surface area contributed by atoms with Crippen LogP contribution in [0, 0.1) is 10.7 Å². The molecule has 5 nitrogen and oxygen atoms in total. The van der Waals surface area contributed by atoms with Gasteiger partial charge in [0.15, 0.2) is 5.76 Å². The molecule has 0 saturated heterocycles. The van der Waals surface area contributed by atoms with Gasteiger partial charge < -0.3 is 4.42 Å². The molecule has 2 aromatic heterocycles. The summed E-state index contributed by atoms with van der Waals surface area (Å²) in [5, 5.41) is 11.3. The van der Waals surface area contributed by atoms with Crippen LogP contribution in [0.3, 0.4) is 0 Å². The molecule has 0 unspecified atom stereocenters. The average Bonchev–Trinajstić information content (AvgIpc) is 3.07. The van der Waals surface area contributed by atoms with Crippen LogP contribution in [0.25, 0.3) is 11.6 Å². The minimum Gasteiger partial charge on any atom is -0.461 e. The van der Waals surface area contributed by atoms with Crippen LogP contribution in [-0.2, 0) is 0 Å². The van der Waals surface area contributed by atoms with E-state index in [1.807, 2.05) is 18.3 Å². The van der Waals surface area contributed by atoms with Crippen molar-refractivity contribution >= 4 is 18.4 Å². The maximum atomic E-state index is 5.33. The first-order valence-corrected chi connectivity index (χ1v) is 6.66. The molecule has 19 heavy (non-hydrogen) atoms. The SMILES string of the molecule is S=c1[nH]nc(-c2ccco2)n1/N=C\[C@H]1CC=CCC1. The molecule has 0 aliphatic heterocycles. The van der Waals surface area contributed by atoms with Crippen LogP contribution in [0.5, 0.6) is 0 Å². The van der Waals surface area contributed by atoms with E-state index in [0.717, 1.165) is 19.3 Å². The fourth-order valence-electron chi connectivity index (χ4n) is 2.08. The van der Waals surface area contributed by atoms with Crippen molar-refractivity contribution < 1.29 is 4.42 Å². The summed E-state index contributed by atoms with van der Waals surface area (Å²) in [6.45, 7) is 0. The van der Waals surface area contributed by atoms with Crippen molar-refractivity contribution in [2.75, 3.05) is 0 Å². The molecule has 3 rings (SSSR count). The van der Waals surface area contributed by atoms with E-state index in [1.54, 1.807) is 10.9 Å². The van der Waals surface area contributed by atoms with Gasteiger partial charge >= 0.3 is 0 Å². The van der Waals surface area contributed by atoms with E-state index in [9.17, 15) is 0 Å². The second kappa shape index (κ2) is 5.36. The van der Waals surface area contributed by atoms with E-state index in [2.05, 4.69) is 27.5 Å². The molecule has 0 fully saturated rings. The Morgan fingerprint density at radius 1 is 1.53 bits per heavy atom. The number of furan rings is 1. The van der Waals surface area contributed by atoms with Crippen molar-refractivity contribution in [3.8, 4) is 11.6 Å². The number of hydrogen-bond donors (Lipinski definition) is 1. The predicted octanol–water partition coefficient (Wildman–Crippen LogP) is 3.39. The zero-order chi connectivity index (χ0) is 13.1. The maximum absolute atomic E-state index is 5.33. The number of H-pyrrole nitrogens is 1. The quantitative estimate of drug-likeness (QED) is 0.530. The van der Waals surface area contributed by atoms with Gasteiger partial charge in [-0.2, -0.15) is 9.78 Å². The Balaban J connectivity index is 1.88. The summed E-state index contributed by atoms with van der Waals surface area (Å²) in [5.74, 6) is 1.71. The summed E-state index contributed by atoms with van der Waals surface area (Å²) in [4.78, 5) is 0. The number of rotatable bonds is 3. The van der Waals surface area contributed by atoms with Crippen molar-refractivity contribution in [3.63, 3.8) is 0 Å². The lowest BCUT2D eigenvalue weighted by Gasteiger charge is -2.11. The first-order chi connectivity index (χ1) is 9.34. The molecule has 2 aromatic rings. The Kier molecular flexibility index (Phi) is 3.41. The van der Waals surface area contributed by atoms with E-state index in [0.29, 0.717) is 22.3 Å². The van der Waals surface area contributed by atoms with Crippen LogP contribution in [0.2, 0.25) is 0 Å². The molecule has 98 valence electrons. The Hall–Kier alpha value is -1.95. The van der Waals surface area contributed by atoms with Gasteiger partial charge in [-0.15, -0.1) is 5.10 Å². The van der Waals surface area contributed by atoms with Gasteiger partial charge in [-0.05, 0) is 49.5 Å². The van der Waals surface area contributed by atoms with Gasteiger partial charge in [0.1, 0.15) is 0 Å². The van der Waals surface area contributed by atoms with Crippen LogP contribution in [0.1, 0.15) is 19.3 Å². The molecular weight excluding hydrogens is 260 g/mol. The molecular formula is C13H14N4OS. The standard InChI is InChI=1S/C13H14N4OS/c19-13-16-15-12(11-7-4-8-18-11)17(13)14-9-10-5-2-1-3-6-10/h1-2,4,7-10H,3,5-6H2,(H,16,19)/b14-9-/t10-/m0/s1. The molecule has 0 radical (unpaired) electrons. The summed E-state index contributed by atoms with van der Waals surface area (Å²) < 4.78 is 7.40. The van der Waals surface area contributed by atoms with E-state index < -0.39 is 0 Å². The molecule has 6 heteroatoms. The second-order valence-corrected chi connectivity index (χ2v) is 4.84. The summed E-state index contributed by atoms with van der Waals surface area (Å²) in [6.07, 6.45) is 11.2. The van der Waals surface area contributed by atoms with Crippen LogP contribution in [0.15, 0.2) is 40.1 Å². The number of nitrogens with one attached hydrogen (secondary N) is 1. The zero-order valence-corrected chi connectivity index (χ0v) is 11.1. The molecule has 0 amide bonds. The Bertz CT molecular complexity index is 650. The van der Waals surface area contributed by atoms with E-state index in [1.165, 1.54) is 0 Å². The molecule has 2 heterocycles. The van der Waals surface area contributed by atoms with Crippen LogP contribution >= 0.6 is 12.2 Å². The monoisotopic (exact) mass is 274 g/mol. The van der Waals surface area contributed by atoms with Gasteiger partial charge in [0.25, 0.3) is 0 Å². The van der Waals surface area contributed by atoms with Crippen molar-refractivity contribution in [3.05, 3.63) is 35.3 Å². The third-order valence-electron chi connectivity index (χ3n) is 3.09. The molecule has 1 aliphatic carbocycles. The predicted molar refractivity (Wildman–Crippen MR) is 75.5 cm³/mol. The third-order valence-corrected chi connectivity index (χ3v) is 3.36.